The van der Waals surface area contributed by atoms with Crippen molar-refractivity contribution in [1.82, 2.24) is 10.6 Å². The molecule has 0 aliphatic heterocycles. The molecule has 0 radical (unpaired) electrons. The average molecular weight is 244 g/mol. The van der Waals surface area contributed by atoms with Crippen molar-refractivity contribution < 1.29 is 9.90 Å². The third kappa shape index (κ3) is 9.12. The van der Waals surface area contributed by atoms with Crippen molar-refractivity contribution in [2.45, 2.75) is 59.1 Å². The number of carbonyl (C=O) groups excluding carboxylic acids is 1. The molecule has 0 aromatic carbocycles. The van der Waals surface area contributed by atoms with Crippen LogP contribution in [0.5, 0.6) is 0 Å². The van der Waals surface area contributed by atoms with Gasteiger partial charge in [-0.1, -0.05) is 20.8 Å². The fraction of sp³-hybridized carbons (Fsp3) is 0.923. The van der Waals surface area contributed by atoms with Gasteiger partial charge in [-0.25, -0.2) is 0 Å². The molecule has 2 atom stereocenters. The van der Waals surface area contributed by atoms with E-state index in [1.165, 1.54) is 0 Å². The molecule has 2 unspecified atom stereocenters. The van der Waals surface area contributed by atoms with Crippen LogP contribution in [0.1, 0.15) is 47.5 Å². The van der Waals surface area contributed by atoms with Crippen molar-refractivity contribution in [2.75, 3.05) is 13.1 Å². The smallest absolute Gasteiger partial charge is 0.221 e. The Balaban J connectivity index is 3.90. The first-order valence-corrected chi connectivity index (χ1v) is 6.49. The van der Waals surface area contributed by atoms with Crippen LogP contribution < -0.4 is 10.6 Å². The van der Waals surface area contributed by atoms with E-state index < -0.39 is 5.60 Å². The topological polar surface area (TPSA) is 61.4 Å². The van der Waals surface area contributed by atoms with E-state index in [9.17, 15) is 9.90 Å². The van der Waals surface area contributed by atoms with Crippen molar-refractivity contribution in [3.8, 4) is 0 Å². The van der Waals surface area contributed by atoms with Gasteiger partial charge in [-0.3, -0.25) is 4.79 Å². The van der Waals surface area contributed by atoms with Crippen LogP contribution >= 0.6 is 0 Å². The standard InChI is InChI=1S/C13H28N2O2/c1-6-14-11(4)7-12(16)15-9-13(5,17)8-10(2)3/h10-11,14,17H,6-9H2,1-5H3,(H,15,16). The van der Waals surface area contributed by atoms with Gasteiger partial charge in [-0.15, -0.1) is 0 Å². The Labute approximate surface area is 105 Å². The van der Waals surface area contributed by atoms with Crippen LogP contribution in [0, 0.1) is 5.92 Å². The Morgan fingerprint density at radius 1 is 1.35 bits per heavy atom. The van der Waals surface area contributed by atoms with Crippen LogP contribution in [0.25, 0.3) is 0 Å². The number of rotatable bonds is 8. The molecule has 0 aromatic heterocycles. The molecule has 0 rings (SSSR count). The maximum Gasteiger partial charge on any atom is 0.221 e. The van der Waals surface area contributed by atoms with Crippen molar-refractivity contribution in [3.63, 3.8) is 0 Å². The molecule has 0 bridgehead atoms. The molecule has 102 valence electrons. The second kappa shape index (κ2) is 7.67. The van der Waals surface area contributed by atoms with E-state index in [0.717, 1.165) is 6.54 Å². The summed E-state index contributed by atoms with van der Waals surface area (Å²) in [6.07, 6.45) is 1.14. The summed E-state index contributed by atoms with van der Waals surface area (Å²) >= 11 is 0. The van der Waals surface area contributed by atoms with E-state index in [1.54, 1.807) is 6.92 Å². The molecule has 0 aliphatic carbocycles. The molecular weight excluding hydrogens is 216 g/mol. The molecule has 17 heavy (non-hydrogen) atoms. The molecular formula is C13H28N2O2. The molecule has 0 saturated heterocycles. The molecule has 0 saturated carbocycles. The highest BCUT2D eigenvalue weighted by atomic mass is 16.3. The molecule has 3 N–H and O–H groups in total. The largest absolute Gasteiger partial charge is 0.388 e. The predicted molar refractivity (Wildman–Crippen MR) is 70.8 cm³/mol. The quantitative estimate of drug-likeness (QED) is 0.603. The monoisotopic (exact) mass is 244 g/mol. The minimum atomic E-state index is -0.814. The number of aliphatic hydroxyl groups is 1. The van der Waals surface area contributed by atoms with Gasteiger partial charge in [0.25, 0.3) is 0 Å². The molecule has 4 heteroatoms. The maximum atomic E-state index is 11.6. The van der Waals surface area contributed by atoms with Crippen LogP contribution in [0.15, 0.2) is 0 Å². The summed E-state index contributed by atoms with van der Waals surface area (Å²) in [5.41, 5.74) is -0.814. The van der Waals surface area contributed by atoms with E-state index in [2.05, 4.69) is 24.5 Å². The molecule has 1 amide bonds. The number of carbonyl (C=O) groups is 1. The molecule has 0 heterocycles. The first kappa shape index (κ1) is 16.4. The maximum absolute atomic E-state index is 11.6. The highest BCUT2D eigenvalue weighted by Crippen LogP contribution is 2.14. The number of hydrogen-bond donors (Lipinski definition) is 3. The fourth-order valence-corrected chi connectivity index (χ4v) is 2.01. The lowest BCUT2D eigenvalue weighted by Crippen LogP contribution is -2.43. The normalized spacial score (nSPS) is 16.6. The molecule has 4 nitrogen and oxygen atoms in total. The lowest BCUT2D eigenvalue weighted by Gasteiger charge is -2.26. The molecule has 0 aromatic rings. The van der Waals surface area contributed by atoms with E-state index in [4.69, 9.17) is 0 Å². The number of nitrogens with one attached hydrogen (secondary N) is 2. The van der Waals surface area contributed by atoms with Crippen LogP contribution in [0.4, 0.5) is 0 Å². The zero-order valence-corrected chi connectivity index (χ0v) is 11.8. The average Bonchev–Trinajstić information content (AvgIpc) is 2.13. The van der Waals surface area contributed by atoms with Gasteiger partial charge in [0.05, 0.1) is 5.60 Å². The van der Waals surface area contributed by atoms with Crippen molar-refractivity contribution in [3.05, 3.63) is 0 Å². The second-order valence-electron chi connectivity index (χ2n) is 5.53. The zero-order chi connectivity index (χ0) is 13.5. The Morgan fingerprint density at radius 2 is 1.94 bits per heavy atom. The summed E-state index contributed by atoms with van der Waals surface area (Å²) in [7, 11) is 0. The first-order valence-electron chi connectivity index (χ1n) is 6.49. The third-order valence-electron chi connectivity index (χ3n) is 2.56. The van der Waals surface area contributed by atoms with E-state index in [-0.39, 0.29) is 11.9 Å². The van der Waals surface area contributed by atoms with Crippen LogP contribution in [-0.4, -0.2) is 35.7 Å². The van der Waals surface area contributed by atoms with Gasteiger partial charge in [-0.05, 0) is 32.7 Å². The van der Waals surface area contributed by atoms with Gasteiger partial charge in [-0.2, -0.15) is 0 Å². The molecule has 0 fully saturated rings. The summed E-state index contributed by atoms with van der Waals surface area (Å²) in [6.45, 7) is 11.1. The molecule has 0 spiro atoms. The van der Waals surface area contributed by atoms with Gasteiger partial charge in [0, 0.05) is 19.0 Å². The Kier molecular flexibility index (Phi) is 7.39. The Hall–Kier alpha value is -0.610. The summed E-state index contributed by atoms with van der Waals surface area (Å²) < 4.78 is 0. The minimum Gasteiger partial charge on any atom is -0.388 e. The lowest BCUT2D eigenvalue weighted by molar-refractivity contribution is -0.122. The van der Waals surface area contributed by atoms with Crippen LogP contribution in [-0.2, 0) is 4.79 Å². The number of hydrogen-bond acceptors (Lipinski definition) is 3. The first-order chi connectivity index (χ1) is 7.76. The van der Waals surface area contributed by atoms with E-state index in [1.807, 2.05) is 13.8 Å². The summed E-state index contributed by atoms with van der Waals surface area (Å²) in [4.78, 5) is 11.6. The van der Waals surface area contributed by atoms with Gasteiger partial charge in [0.1, 0.15) is 0 Å². The van der Waals surface area contributed by atoms with Crippen molar-refractivity contribution in [2.24, 2.45) is 5.92 Å². The predicted octanol–water partition coefficient (Wildman–Crippen LogP) is 1.29. The minimum absolute atomic E-state index is 0.0116. The third-order valence-corrected chi connectivity index (χ3v) is 2.56. The zero-order valence-electron chi connectivity index (χ0n) is 11.8. The Morgan fingerprint density at radius 3 is 2.41 bits per heavy atom. The summed E-state index contributed by atoms with van der Waals surface area (Å²) in [6, 6.07) is 0.176. The highest BCUT2D eigenvalue weighted by molar-refractivity contribution is 5.76. The van der Waals surface area contributed by atoms with E-state index in [0.29, 0.717) is 25.3 Å². The lowest BCUT2D eigenvalue weighted by atomic mass is 9.94. The van der Waals surface area contributed by atoms with Crippen LogP contribution in [0.3, 0.4) is 0 Å². The second-order valence-corrected chi connectivity index (χ2v) is 5.53. The SMILES string of the molecule is CCNC(C)CC(=O)NCC(C)(O)CC(C)C. The fourth-order valence-electron chi connectivity index (χ4n) is 2.01. The summed E-state index contributed by atoms with van der Waals surface area (Å²) in [5.74, 6) is 0.407. The van der Waals surface area contributed by atoms with Gasteiger partial charge in [0.15, 0.2) is 0 Å². The van der Waals surface area contributed by atoms with Crippen molar-refractivity contribution in [1.29, 1.82) is 0 Å². The van der Waals surface area contributed by atoms with Crippen molar-refractivity contribution >= 4 is 5.91 Å². The number of amides is 1. The van der Waals surface area contributed by atoms with Gasteiger partial charge >= 0.3 is 0 Å². The van der Waals surface area contributed by atoms with Gasteiger partial charge in [0.2, 0.25) is 5.91 Å². The summed E-state index contributed by atoms with van der Waals surface area (Å²) in [5, 5.41) is 16.0. The Bertz CT molecular complexity index is 227. The van der Waals surface area contributed by atoms with Crippen LogP contribution in [0.2, 0.25) is 0 Å². The van der Waals surface area contributed by atoms with Gasteiger partial charge < -0.3 is 15.7 Å². The molecule has 0 aliphatic rings. The van der Waals surface area contributed by atoms with E-state index >= 15 is 0 Å². The highest BCUT2D eigenvalue weighted by Gasteiger charge is 2.22.